The maximum Gasteiger partial charge on any atom is 0.222 e. The van der Waals surface area contributed by atoms with Crippen LogP contribution in [0.3, 0.4) is 0 Å². The van der Waals surface area contributed by atoms with Gasteiger partial charge < -0.3 is 24.0 Å². The number of hydrogen-bond acceptors (Lipinski definition) is 6. The number of H-pyrrole nitrogens is 1. The normalized spacial score (nSPS) is 16.6. The van der Waals surface area contributed by atoms with Crippen molar-refractivity contribution in [2.75, 3.05) is 48.0 Å². The molecular weight excluding hydrogens is 372 g/mol. The maximum absolute atomic E-state index is 12.0. The molecule has 1 aliphatic rings. The van der Waals surface area contributed by atoms with Gasteiger partial charge in [0.2, 0.25) is 11.7 Å². The fourth-order valence-electron chi connectivity index (χ4n) is 3.98. The minimum absolute atomic E-state index is 0.257. The second-order valence-corrected chi connectivity index (χ2v) is 7.38. The Balaban J connectivity index is 1.77. The van der Waals surface area contributed by atoms with Crippen LogP contribution in [0.15, 0.2) is 18.3 Å². The van der Waals surface area contributed by atoms with Gasteiger partial charge in [0.1, 0.15) is 0 Å². The van der Waals surface area contributed by atoms with Crippen molar-refractivity contribution < 1.29 is 19.0 Å². The van der Waals surface area contributed by atoms with Gasteiger partial charge >= 0.3 is 0 Å². The average molecular weight is 402 g/mol. The number of hydrogen-bond donors (Lipinski definition) is 1. The number of amides is 1. The Morgan fingerprint density at radius 1 is 1.21 bits per heavy atom. The van der Waals surface area contributed by atoms with Gasteiger partial charge in [-0.15, -0.1) is 0 Å². The van der Waals surface area contributed by atoms with Crippen molar-refractivity contribution in [1.82, 2.24) is 20.0 Å². The summed E-state index contributed by atoms with van der Waals surface area (Å²) in [6.07, 6.45) is 2.47. The van der Waals surface area contributed by atoms with Gasteiger partial charge in [0.25, 0.3) is 0 Å². The van der Waals surface area contributed by atoms with E-state index in [2.05, 4.69) is 22.1 Å². The molecule has 1 aliphatic heterocycles. The van der Waals surface area contributed by atoms with Gasteiger partial charge in [-0.05, 0) is 32.0 Å². The Labute approximate surface area is 171 Å². The zero-order valence-electron chi connectivity index (χ0n) is 17.8. The number of ether oxygens (including phenoxy) is 3. The molecule has 0 bridgehead atoms. The van der Waals surface area contributed by atoms with Gasteiger partial charge in [-0.1, -0.05) is 0 Å². The lowest BCUT2D eigenvalue weighted by atomic mass is 10.1. The minimum atomic E-state index is 0.257. The number of rotatable bonds is 9. The van der Waals surface area contributed by atoms with Crippen LogP contribution in [-0.2, 0) is 11.3 Å². The smallest absolute Gasteiger partial charge is 0.222 e. The van der Waals surface area contributed by atoms with Crippen molar-refractivity contribution in [3.8, 4) is 28.5 Å². The lowest BCUT2D eigenvalue weighted by Gasteiger charge is -2.21. The van der Waals surface area contributed by atoms with E-state index in [4.69, 9.17) is 14.2 Å². The summed E-state index contributed by atoms with van der Waals surface area (Å²) in [5.41, 5.74) is 2.89. The number of nitrogens with zero attached hydrogens (tertiary/aromatic N) is 3. The number of aromatic nitrogens is 2. The molecule has 1 N–H and O–H groups in total. The second kappa shape index (κ2) is 9.17. The first kappa shape index (κ1) is 21.0. The molecule has 3 rings (SSSR count). The van der Waals surface area contributed by atoms with Crippen LogP contribution < -0.4 is 14.2 Å². The van der Waals surface area contributed by atoms with Crippen LogP contribution in [-0.4, -0.2) is 73.9 Å². The first-order valence-corrected chi connectivity index (χ1v) is 9.79. The van der Waals surface area contributed by atoms with E-state index in [9.17, 15) is 4.79 Å². The van der Waals surface area contributed by atoms with E-state index in [0.717, 1.165) is 43.0 Å². The Bertz CT molecular complexity index is 826. The van der Waals surface area contributed by atoms with E-state index in [-0.39, 0.29) is 5.91 Å². The molecule has 0 spiro atoms. The number of benzene rings is 1. The summed E-state index contributed by atoms with van der Waals surface area (Å²) in [5.74, 6) is 2.37. The van der Waals surface area contributed by atoms with Crippen molar-refractivity contribution in [3.05, 3.63) is 23.9 Å². The van der Waals surface area contributed by atoms with Gasteiger partial charge in [-0.3, -0.25) is 9.89 Å². The van der Waals surface area contributed by atoms with Crippen molar-refractivity contribution in [1.29, 1.82) is 0 Å². The van der Waals surface area contributed by atoms with Crippen LogP contribution in [0.4, 0.5) is 0 Å². The fraction of sp³-hybridized carbons (Fsp3) is 0.524. The molecule has 158 valence electrons. The second-order valence-electron chi connectivity index (χ2n) is 7.38. The minimum Gasteiger partial charge on any atom is -0.493 e. The van der Waals surface area contributed by atoms with Crippen LogP contribution in [0.1, 0.15) is 18.9 Å². The molecule has 0 aliphatic carbocycles. The summed E-state index contributed by atoms with van der Waals surface area (Å²) in [5, 5.41) is 7.34. The summed E-state index contributed by atoms with van der Waals surface area (Å²) in [6.45, 7) is 5.23. The van der Waals surface area contributed by atoms with E-state index < -0.39 is 0 Å². The van der Waals surface area contributed by atoms with Gasteiger partial charge in [0.15, 0.2) is 11.5 Å². The zero-order chi connectivity index (χ0) is 21.0. The highest BCUT2D eigenvalue weighted by molar-refractivity contribution is 5.78. The molecule has 0 saturated carbocycles. The molecule has 0 radical (unpaired) electrons. The SMILES string of the molecule is CCN1C[C@@H](CN(C)Cc2cn[nH]c2-c2cc(OC)c(OC)c(OC)c2)CC1=O. The van der Waals surface area contributed by atoms with Gasteiger partial charge in [0, 0.05) is 43.7 Å². The highest BCUT2D eigenvalue weighted by Gasteiger charge is 2.29. The van der Waals surface area contributed by atoms with Crippen LogP contribution in [0.25, 0.3) is 11.3 Å². The third-order valence-electron chi connectivity index (χ3n) is 5.36. The predicted molar refractivity (Wildman–Crippen MR) is 110 cm³/mol. The Hall–Kier alpha value is -2.74. The molecule has 1 amide bonds. The molecule has 2 aromatic rings. The summed E-state index contributed by atoms with van der Waals surface area (Å²) in [4.78, 5) is 16.2. The third kappa shape index (κ3) is 4.48. The highest BCUT2D eigenvalue weighted by atomic mass is 16.5. The van der Waals surface area contributed by atoms with Crippen LogP contribution in [0.5, 0.6) is 17.2 Å². The van der Waals surface area contributed by atoms with E-state index in [1.165, 1.54) is 0 Å². The fourth-order valence-corrected chi connectivity index (χ4v) is 3.98. The topological polar surface area (TPSA) is 79.9 Å². The highest BCUT2D eigenvalue weighted by Crippen LogP contribution is 2.41. The number of aromatic amines is 1. The summed E-state index contributed by atoms with van der Waals surface area (Å²) < 4.78 is 16.4. The quantitative estimate of drug-likeness (QED) is 0.694. The van der Waals surface area contributed by atoms with Gasteiger partial charge in [-0.25, -0.2) is 0 Å². The lowest BCUT2D eigenvalue weighted by Crippen LogP contribution is -2.28. The predicted octanol–water partition coefficient (Wildman–Crippen LogP) is 2.40. The molecule has 8 heteroatoms. The molecule has 1 fully saturated rings. The van der Waals surface area contributed by atoms with Crippen molar-refractivity contribution in [2.45, 2.75) is 19.9 Å². The standard InChI is InChI=1S/C21H30N4O4/c1-6-25-12-14(7-19(25)26)11-24(2)13-16-10-22-23-20(16)15-8-17(27-3)21(29-5)18(9-15)28-4/h8-10,14H,6-7,11-13H2,1-5H3,(H,22,23)/t14-/m1/s1. The van der Waals surface area contributed by atoms with E-state index in [1.54, 1.807) is 21.3 Å². The lowest BCUT2D eigenvalue weighted by molar-refractivity contribution is -0.127. The first-order valence-electron chi connectivity index (χ1n) is 9.79. The van der Waals surface area contributed by atoms with Crippen LogP contribution >= 0.6 is 0 Å². The summed E-state index contributed by atoms with van der Waals surface area (Å²) >= 11 is 0. The van der Waals surface area contributed by atoms with E-state index >= 15 is 0 Å². The number of likely N-dealkylation sites (tertiary alicyclic amines) is 1. The molecule has 1 aromatic carbocycles. The van der Waals surface area contributed by atoms with Crippen molar-refractivity contribution in [2.24, 2.45) is 5.92 Å². The number of carbonyl (C=O) groups is 1. The van der Waals surface area contributed by atoms with Gasteiger partial charge in [-0.2, -0.15) is 5.10 Å². The molecule has 1 atom stereocenters. The molecular formula is C21H30N4O4. The Morgan fingerprint density at radius 3 is 2.45 bits per heavy atom. The average Bonchev–Trinajstić information content (AvgIpc) is 3.32. The monoisotopic (exact) mass is 402 g/mol. The van der Waals surface area contributed by atoms with E-state index in [0.29, 0.717) is 29.6 Å². The van der Waals surface area contributed by atoms with E-state index in [1.807, 2.05) is 30.2 Å². The van der Waals surface area contributed by atoms with Crippen molar-refractivity contribution >= 4 is 5.91 Å². The third-order valence-corrected chi connectivity index (χ3v) is 5.36. The van der Waals surface area contributed by atoms with Gasteiger partial charge in [0.05, 0.1) is 33.2 Å². The largest absolute Gasteiger partial charge is 0.493 e. The molecule has 1 aromatic heterocycles. The zero-order valence-corrected chi connectivity index (χ0v) is 17.8. The maximum atomic E-state index is 12.0. The van der Waals surface area contributed by atoms with Crippen molar-refractivity contribution in [3.63, 3.8) is 0 Å². The van der Waals surface area contributed by atoms with Crippen LogP contribution in [0, 0.1) is 5.92 Å². The number of carbonyl (C=O) groups excluding carboxylic acids is 1. The first-order chi connectivity index (χ1) is 14.0. The molecule has 0 unspecified atom stereocenters. The Kier molecular flexibility index (Phi) is 6.64. The molecule has 2 heterocycles. The number of methoxy groups -OCH3 is 3. The molecule has 8 nitrogen and oxygen atoms in total. The number of nitrogens with one attached hydrogen (secondary N) is 1. The van der Waals surface area contributed by atoms with Crippen LogP contribution in [0.2, 0.25) is 0 Å². The Morgan fingerprint density at radius 2 is 1.90 bits per heavy atom. The molecule has 29 heavy (non-hydrogen) atoms. The summed E-state index contributed by atoms with van der Waals surface area (Å²) in [6, 6.07) is 3.82. The summed E-state index contributed by atoms with van der Waals surface area (Å²) in [7, 11) is 6.87. The molecule has 1 saturated heterocycles.